The molecule has 3 heterocycles. The molecule has 0 radical (unpaired) electrons. The van der Waals surface area contributed by atoms with Gasteiger partial charge in [-0.05, 0) is 80.4 Å². The molecule has 2 aliphatic heterocycles. The summed E-state index contributed by atoms with van der Waals surface area (Å²) in [5.74, 6) is -0.774. The van der Waals surface area contributed by atoms with E-state index in [9.17, 15) is 19.2 Å². The van der Waals surface area contributed by atoms with Gasteiger partial charge >= 0.3 is 5.76 Å². The van der Waals surface area contributed by atoms with E-state index < -0.39 is 17.7 Å². The van der Waals surface area contributed by atoms with Crippen molar-refractivity contribution in [3.8, 4) is 5.75 Å². The molecule has 11 nitrogen and oxygen atoms in total. The van der Waals surface area contributed by atoms with Crippen LogP contribution in [0, 0.1) is 11.3 Å². The molecule has 3 aromatic rings. The molecule has 2 aromatic carbocycles. The summed E-state index contributed by atoms with van der Waals surface area (Å²) in [6.07, 6.45) is 6.75. The molecule has 3 amide bonds. The fourth-order valence-electron chi connectivity index (χ4n) is 5.75. The predicted octanol–water partition coefficient (Wildman–Crippen LogP) is 4.09. The maximum atomic E-state index is 13.4. The number of benzene rings is 2. The van der Waals surface area contributed by atoms with Crippen molar-refractivity contribution >= 4 is 46.1 Å². The summed E-state index contributed by atoms with van der Waals surface area (Å²) < 4.78 is 11.0. The van der Waals surface area contributed by atoms with Crippen molar-refractivity contribution in [3.05, 3.63) is 69.7 Å². The Morgan fingerprint density at radius 3 is 2.68 bits per heavy atom. The van der Waals surface area contributed by atoms with Crippen molar-refractivity contribution in [2.24, 2.45) is 11.3 Å². The van der Waals surface area contributed by atoms with Crippen LogP contribution < -0.4 is 26.4 Å². The number of anilines is 1. The molecule has 12 heteroatoms. The van der Waals surface area contributed by atoms with Crippen molar-refractivity contribution < 1.29 is 23.5 Å². The number of H-pyrrole nitrogens is 1. The van der Waals surface area contributed by atoms with Crippen molar-refractivity contribution in [3.63, 3.8) is 0 Å². The summed E-state index contributed by atoms with van der Waals surface area (Å²) in [5, 5.41) is 9.32. The van der Waals surface area contributed by atoms with Crippen molar-refractivity contribution in [2.75, 3.05) is 38.1 Å². The van der Waals surface area contributed by atoms with E-state index in [1.54, 1.807) is 36.4 Å². The highest BCUT2D eigenvalue weighted by Gasteiger charge is 2.35. The molecule has 5 rings (SSSR count). The monoisotopic (exact) mass is 623 g/mol. The van der Waals surface area contributed by atoms with E-state index in [2.05, 4.69) is 31.9 Å². The zero-order valence-electron chi connectivity index (χ0n) is 24.9. The number of hydrogen-bond donors (Lipinski definition) is 4. The second-order valence-electron chi connectivity index (χ2n) is 12.1. The normalized spacial score (nSPS) is 20.3. The number of allylic oxidation sites excluding steroid dienone is 1. The van der Waals surface area contributed by atoms with Gasteiger partial charge in [0, 0.05) is 23.3 Å². The van der Waals surface area contributed by atoms with Crippen LogP contribution in [0.2, 0.25) is 5.02 Å². The first-order valence-electron chi connectivity index (χ1n) is 14.9. The Kier molecular flexibility index (Phi) is 9.75. The highest BCUT2D eigenvalue weighted by Crippen LogP contribution is 2.35. The number of nitrogens with one attached hydrogen (secondary N) is 4. The van der Waals surface area contributed by atoms with Gasteiger partial charge in [-0.15, -0.1) is 0 Å². The maximum Gasteiger partial charge on any atom is 0.417 e. The minimum atomic E-state index is -0.716. The van der Waals surface area contributed by atoms with E-state index >= 15 is 0 Å². The topological polar surface area (TPSA) is 146 Å². The zero-order chi connectivity index (χ0) is 31.3. The van der Waals surface area contributed by atoms with Crippen molar-refractivity contribution in [1.29, 1.82) is 0 Å². The van der Waals surface area contributed by atoms with Gasteiger partial charge in [-0.3, -0.25) is 24.3 Å². The lowest BCUT2D eigenvalue weighted by atomic mass is 9.75. The molecule has 1 atom stereocenters. The van der Waals surface area contributed by atoms with Crippen LogP contribution in [0.5, 0.6) is 5.75 Å². The number of amides is 3. The second-order valence-corrected chi connectivity index (χ2v) is 12.5. The van der Waals surface area contributed by atoms with Crippen LogP contribution in [-0.2, 0) is 9.59 Å². The molecule has 1 fully saturated rings. The summed E-state index contributed by atoms with van der Waals surface area (Å²) in [4.78, 5) is 55.6. The van der Waals surface area contributed by atoms with Gasteiger partial charge in [0.1, 0.15) is 18.4 Å². The minimum Gasteiger partial charge on any atom is -0.489 e. The number of aromatic amines is 1. The highest BCUT2D eigenvalue weighted by atomic mass is 35.5. The maximum absolute atomic E-state index is 13.4. The number of hydrogen-bond acceptors (Lipinski definition) is 7. The molecule has 2 aliphatic rings. The van der Waals surface area contributed by atoms with Crippen LogP contribution in [0.25, 0.3) is 11.1 Å². The molecule has 44 heavy (non-hydrogen) atoms. The van der Waals surface area contributed by atoms with E-state index in [1.165, 1.54) is 0 Å². The van der Waals surface area contributed by atoms with E-state index in [0.717, 1.165) is 19.3 Å². The third kappa shape index (κ3) is 7.89. The van der Waals surface area contributed by atoms with E-state index in [1.807, 2.05) is 19.9 Å². The molecule has 4 N–H and O–H groups in total. The number of rotatable bonds is 5. The van der Waals surface area contributed by atoms with Crippen LogP contribution in [0.15, 0.2) is 57.8 Å². The predicted molar refractivity (Wildman–Crippen MR) is 168 cm³/mol. The highest BCUT2D eigenvalue weighted by molar-refractivity contribution is 6.31. The zero-order valence-corrected chi connectivity index (χ0v) is 25.7. The lowest BCUT2D eigenvalue weighted by Crippen LogP contribution is -2.52. The van der Waals surface area contributed by atoms with E-state index in [0.29, 0.717) is 53.6 Å². The fourth-order valence-corrected chi connectivity index (χ4v) is 5.92. The van der Waals surface area contributed by atoms with E-state index in [-0.39, 0.29) is 41.9 Å². The minimum absolute atomic E-state index is 0.164. The lowest BCUT2D eigenvalue weighted by Gasteiger charge is -2.41. The van der Waals surface area contributed by atoms with Crippen LogP contribution in [0.1, 0.15) is 49.9 Å². The number of aromatic nitrogens is 1. The molecular formula is C32H38ClN5O6. The number of nitrogens with zero attached hydrogens (tertiary/aromatic N) is 1. The first kappa shape index (κ1) is 31.3. The van der Waals surface area contributed by atoms with Crippen LogP contribution in [-0.4, -0.2) is 66.4 Å². The quantitative estimate of drug-likeness (QED) is 0.313. The summed E-state index contributed by atoms with van der Waals surface area (Å²) in [5.41, 5.74) is 1.57. The van der Waals surface area contributed by atoms with Gasteiger partial charge in [-0.2, -0.15) is 0 Å². The molecule has 0 saturated carbocycles. The average Bonchev–Trinajstić information content (AvgIpc) is 3.35. The van der Waals surface area contributed by atoms with Crippen LogP contribution >= 0.6 is 11.6 Å². The van der Waals surface area contributed by atoms with Gasteiger partial charge in [0.2, 0.25) is 11.8 Å². The number of fused-ring (bicyclic) bond motifs is 2. The molecule has 0 unspecified atom stereocenters. The Bertz CT molecular complexity index is 1600. The largest absolute Gasteiger partial charge is 0.489 e. The molecule has 0 bridgehead atoms. The smallest absolute Gasteiger partial charge is 0.417 e. The SMILES string of the molecule is CC(C)C[C@@H]1NC(=O)c2cc(Cl)ccc2OC/C=C/CC2(CCN(CC(=O)Nc3ccc4[nH]c(=O)oc4c3)CC2)CNC1=O. The third-order valence-electron chi connectivity index (χ3n) is 8.19. The number of carbonyl (C=O) groups is 3. The van der Waals surface area contributed by atoms with Crippen LogP contribution in [0.4, 0.5) is 5.69 Å². The summed E-state index contributed by atoms with van der Waals surface area (Å²) in [6.45, 7) is 6.32. The first-order chi connectivity index (χ1) is 21.1. The third-order valence-corrected chi connectivity index (χ3v) is 8.43. The van der Waals surface area contributed by atoms with Gasteiger partial charge in [0.25, 0.3) is 5.91 Å². The number of halogens is 1. The molecule has 1 saturated heterocycles. The van der Waals surface area contributed by atoms with Gasteiger partial charge in [-0.1, -0.05) is 37.6 Å². The Labute approximate surface area is 260 Å². The Morgan fingerprint density at radius 1 is 1.11 bits per heavy atom. The van der Waals surface area contributed by atoms with Crippen molar-refractivity contribution in [2.45, 2.75) is 45.6 Å². The van der Waals surface area contributed by atoms with Crippen molar-refractivity contribution in [1.82, 2.24) is 20.5 Å². The first-order valence-corrected chi connectivity index (χ1v) is 15.3. The number of piperidine rings is 1. The second kappa shape index (κ2) is 13.7. The average molecular weight is 624 g/mol. The summed E-state index contributed by atoms with van der Waals surface area (Å²) >= 11 is 6.17. The Balaban J connectivity index is 1.25. The molecule has 234 valence electrons. The van der Waals surface area contributed by atoms with Crippen LogP contribution in [0.3, 0.4) is 0 Å². The fraction of sp³-hybridized carbons (Fsp3) is 0.438. The van der Waals surface area contributed by atoms with Gasteiger partial charge in [0.15, 0.2) is 5.58 Å². The molecule has 0 aliphatic carbocycles. The standard InChI is InChI=1S/C32H38ClN5O6/c1-20(2)15-25-30(41)34-19-32(9-3-4-14-43-26-8-5-21(33)16-23(26)29(40)36-25)10-12-38(13-11-32)18-28(39)35-22-6-7-24-27(17-22)44-31(42)37-24/h3-8,16-17,20,25H,9-15,18-19H2,1-2H3,(H,34,41)(H,35,39)(H,36,40)(H,37,42)/b4-3+/t25-/m0/s1. The van der Waals surface area contributed by atoms with Gasteiger partial charge in [-0.25, -0.2) is 4.79 Å². The number of carbonyl (C=O) groups excluding carboxylic acids is 3. The molecule has 1 aromatic heterocycles. The Hall–Kier alpha value is -4.09. The van der Waals surface area contributed by atoms with Gasteiger partial charge < -0.3 is 25.1 Å². The summed E-state index contributed by atoms with van der Waals surface area (Å²) in [6, 6.07) is 9.19. The van der Waals surface area contributed by atoms with Gasteiger partial charge in [0.05, 0.1) is 17.6 Å². The van der Waals surface area contributed by atoms with E-state index in [4.69, 9.17) is 20.8 Å². The number of ether oxygens (including phenoxy) is 1. The Morgan fingerprint density at radius 2 is 1.91 bits per heavy atom. The molecule has 1 spiro atoms. The summed E-state index contributed by atoms with van der Waals surface area (Å²) in [7, 11) is 0. The molecular weight excluding hydrogens is 586 g/mol. The lowest BCUT2D eigenvalue weighted by molar-refractivity contribution is -0.124. The number of likely N-dealkylation sites (tertiary alicyclic amines) is 1. The number of oxazole rings is 1.